The fourth-order valence-corrected chi connectivity index (χ4v) is 5.21. The molecule has 0 saturated carbocycles. The lowest BCUT2D eigenvalue weighted by atomic mass is 10.2. The van der Waals surface area contributed by atoms with Crippen molar-refractivity contribution in [3.05, 3.63) is 76.0 Å². The maximum absolute atomic E-state index is 13.1. The molecule has 38 heavy (non-hydrogen) atoms. The quantitative estimate of drug-likeness (QED) is 0.248. The number of nitrogens with zero attached hydrogens (tertiary/aromatic N) is 3. The van der Waals surface area contributed by atoms with Crippen LogP contribution in [0.5, 0.6) is 5.75 Å². The van der Waals surface area contributed by atoms with E-state index in [1.54, 1.807) is 13.0 Å². The van der Waals surface area contributed by atoms with Gasteiger partial charge in [0.2, 0.25) is 10.0 Å². The topological polar surface area (TPSA) is 128 Å². The van der Waals surface area contributed by atoms with E-state index >= 15 is 0 Å². The highest BCUT2D eigenvalue weighted by atomic mass is 32.2. The number of imidazole rings is 1. The second kappa shape index (κ2) is 12.3. The van der Waals surface area contributed by atoms with Crippen LogP contribution in [0.25, 0.3) is 16.9 Å². The first-order valence-corrected chi connectivity index (χ1v) is 14.2. The first-order chi connectivity index (χ1) is 18.3. The van der Waals surface area contributed by atoms with Gasteiger partial charge in [-0.25, -0.2) is 22.6 Å². The average Bonchev–Trinajstić information content (AvgIpc) is 3.22. The van der Waals surface area contributed by atoms with E-state index in [9.17, 15) is 13.2 Å². The minimum Gasteiger partial charge on any atom is -0.493 e. The van der Waals surface area contributed by atoms with Crippen LogP contribution in [-0.4, -0.2) is 47.8 Å². The van der Waals surface area contributed by atoms with Gasteiger partial charge in [0.15, 0.2) is 11.3 Å². The highest BCUT2D eigenvalue weighted by Gasteiger charge is 2.20. The van der Waals surface area contributed by atoms with Crippen molar-refractivity contribution in [2.75, 3.05) is 19.8 Å². The minimum atomic E-state index is -3.83. The van der Waals surface area contributed by atoms with Gasteiger partial charge in [-0.2, -0.15) is 0 Å². The first kappa shape index (κ1) is 27.5. The van der Waals surface area contributed by atoms with E-state index in [0.717, 1.165) is 12.0 Å². The molecule has 0 aliphatic rings. The molecule has 0 radical (unpaired) electrons. The predicted octanol–water partition coefficient (Wildman–Crippen LogP) is 3.63. The molecule has 10 nitrogen and oxygen atoms in total. The van der Waals surface area contributed by atoms with Crippen LogP contribution in [0.2, 0.25) is 0 Å². The molecule has 202 valence electrons. The number of aromatic amines is 1. The monoisotopic (exact) mass is 539 g/mol. The Labute approximate surface area is 222 Å². The fourth-order valence-electron chi connectivity index (χ4n) is 4.11. The summed E-state index contributed by atoms with van der Waals surface area (Å²) in [4.78, 5) is 20.3. The largest absolute Gasteiger partial charge is 0.493 e. The molecule has 0 aliphatic carbocycles. The molecule has 2 aromatic carbocycles. The van der Waals surface area contributed by atoms with Gasteiger partial charge in [-0.05, 0) is 50.5 Å². The molecule has 4 rings (SSSR count). The molecule has 2 N–H and O–H groups in total. The number of sulfonamides is 1. The number of benzene rings is 2. The van der Waals surface area contributed by atoms with Crippen molar-refractivity contribution in [1.82, 2.24) is 24.3 Å². The lowest BCUT2D eigenvalue weighted by Crippen LogP contribution is -2.25. The van der Waals surface area contributed by atoms with Crippen molar-refractivity contribution in [3.8, 4) is 17.1 Å². The smallest absolute Gasteiger partial charge is 0.277 e. The number of hydrogen-bond acceptors (Lipinski definition) is 7. The summed E-state index contributed by atoms with van der Waals surface area (Å²) in [6, 6.07) is 14.3. The van der Waals surface area contributed by atoms with E-state index in [0.29, 0.717) is 61.0 Å². The second-order valence-electron chi connectivity index (χ2n) is 8.81. The van der Waals surface area contributed by atoms with Crippen LogP contribution in [0.15, 0.2) is 58.2 Å². The Morgan fingerprint density at radius 2 is 1.89 bits per heavy atom. The summed E-state index contributed by atoms with van der Waals surface area (Å²) in [7, 11) is -3.83. The molecular weight excluding hydrogens is 506 g/mol. The van der Waals surface area contributed by atoms with Gasteiger partial charge in [-0.15, -0.1) is 5.10 Å². The summed E-state index contributed by atoms with van der Waals surface area (Å²) in [6.07, 6.45) is 2.00. The number of rotatable bonds is 13. The predicted molar refractivity (Wildman–Crippen MR) is 145 cm³/mol. The zero-order chi connectivity index (χ0) is 27.1. The Balaban J connectivity index is 1.54. The third-order valence-electron chi connectivity index (χ3n) is 5.90. The van der Waals surface area contributed by atoms with Crippen LogP contribution in [0.1, 0.15) is 43.8 Å². The minimum absolute atomic E-state index is 0.0412. The molecule has 2 aromatic heterocycles. The molecule has 0 bridgehead atoms. The summed E-state index contributed by atoms with van der Waals surface area (Å²) in [5, 5.41) is 4.62. The van der Waals surface area contributed by atoms with Crippen LogP contribution in [0.4, 0.5) is 0 Å². The lowest BCUT2D eigenvalue weighted by molar-refractivity contribution is 0.119. The van der Waals surface area contributed by atoms with Crippen molar-refractivity contribution in [1.29, 1.82) is 0 Å². The number of ether oxygens (including phenoxy) is 2. The van der Waals surface area contributed by atoms with Crippen LogP contribution in [0.3, 0.4) is 0 Å². The third-order valence-corrected chi connectivity index (χ3v) is 7.36. The summed E-state index contributed by atoms with van der Waals surface area (Å²) in [5.74, 6) is 1.29. The summed E-state index contributed by atoms with van der Waals surface area (Å²) in [5.41, 5.74) is 2.04. The van der Waals surface area contributed by atoms with Crippen molar-refractivity contribution in [2.24, 2.45) is 0 Å². The standard InChI is InChI=1S/C27H33N5O5S/c1-4-10-24-29-19(3)25-27(33)30-26(31-32(24)25)22-17-21(13-14-23(22)37-5-2)38(34,35)28-15-9-16-36-18-20-11-7-6-8-12-20/h6-8,11-14,17,28H,4-5,9-10,15-16,18H2,1-3H3,(H,30,31,33). The third kappa shape index (κ3) is 6.29. The number of aromatic nitrogens is 4. The summed E-state index contributed by atoms with van der Waals surface area (Å²) < 4.78 is 41.6. The Hall–Kier alpha value is -3.54. The molecule has 0 atom stereocenters. The van der Waals surface area contributed by atoms with Gasteiger partial charge < -0.3 is 14.5 Å². The average molecular weight is 540 g/mol. The number of nitrogens with one attached hydrogen (secondary N) is 2. The van der Waals surface area contributed by atoms with Gasteiger partial charge >= 0.3 is 0 Å². The van der Waals surface area contributed by atoms with Crippen molar-refractivity contribution in [3.63, 3.8) is 0 Å². The Bertz CT molecular complexity index is 1550. The van der Waals surface area contributed by atoms with E-state index in [-0.39, 0.29) is 22.8 Å². The molecular formula is C27H33N5O5S. The van der Waals surface area contributed by atoms with E-state index < -0.39 is 10.0 Å². The molecule has 0 amide bonds. The zero-order valence-corrected chi connectivity index (χ0v) is 22.7. The van der Waals surface area contributed by atoms with Crippen LogP contribution < -0.4 is 15.0 Å². The van der Waals surface area contributed by atoms with Gasteiger partial charge in [0.05, 0.1) is 29.4 Å². The molecule has 0 spiro atoms. The van der Waals surface area contributed by atoms with Gasteiger partial charge in [-0.3, -0.25) is 4.79 Å². The molecule has 0 fully saturated rings. The highest BCUT2D eigenvalue weighted by Crippen LogP contribution is 2.30. The Kier molecular flexibility index (Phi) is 8.93. The number of H-pyrrole nitrogens is 1. The van der Waals surface area contributed by atoms with E-state index in [1.807, 2.05) is 44.2 Å². The van der Waals surface area contributed by atoms with Crippen molar-refractivity contribution in [2.45, 2.75) is 51.5 Å². The second-order valence-corrected chi connectivity index (χ2v) is 10.6. The van der Waals surface area contributed by atoms with E-state index in [4.69, 9.17) is 9.47 Å². The normalized spacial score (nSPS) is 11.8. The maximum atomic E-state index is 13.1. The van der Waals surface area contributed by atoms with Crippen LogP contribution >= 0.6 is 0 Å². The van der Waals surface area contributed by atoms with Gasteiger partial charge in [0.25, 0.3) is 5.56 Å². The summed E-state index contributed by atoms with van der Waals surface area (Å²) in [6.45, 7) is 7.08. The van der Waals surface area contributed by atoms with Gasteiger partial charge in [0, 0.05) is 19.6 Å². The Morgan fingerprint density at radius 1 is 1.11 bits per heavy atom. The number of fused-ring (bicyclic) bond motifs is 1. The molecule has 4 aromatic rings. The van der Waals surface area contributed by atoms with Crippen LogP contribution in [0, 0.1) is 6.92 Å². The maximum Gasteiger partial charge on any atom is 0.277 e. The van der Waals surface area contributed by atoms with Crippen LogP contribution in [-0.2, 0) is 27.8 Å². The molecule has 11 heteroatoms. The molecule has 0 saturated heterocycles. The number of hydrogen-bond donors (Lipinski definition) is 2. The Morgan fingerprint density at radius 3 is 2.63 bits per heavy atom. The SMILES string of the molecule is CCCc1nc(C)c2c(=O)[nH]c(-c3cc(S(=O)(=O)NCCCOCc4ccccc4)ccc3OCC)nn12. The van der Waals surface area contributed by atoms with E-state index in [2.05, 4.69) is 19.8 Å². The first-order valence-electron chi connectivity index (χ1n) is 12.7. The molecule has 0 aliphatic heterocycles. The molecule has 0 unspecified atom stereocenters. The zero-order valence-electron chi connectivity index (χ0n) is 21.9. The highest BCUT2D eigenvalue weighted by molar-refractivity contribution is 7.89. The number of aryl methyl sites for hydroxylation is 2. The van der Waals surface area contributed by atoms with Crippen molar-refractivity contribution < 1.29 is 17.9 Å². The van der Waals surface area contributed by atoms with Gasteiger partial charge in [0.1, 0.15) is 11.6 Å². The summed E-state index contributed by atoms with van der Waals surface area (Å²) >= 11 is 0. The fraction of sp³-hybridized carbons (Fsp3) is 0.370. The van der Waals surface area contributed by atoms with Gasteiger partial charge in [-0.1, -0.05) is 37.3 Å². The van der Waals surface area contributed by atoms with E-state index in [1.165, 1.54) is 16.6 Å². The van der Waals surface area contributed by atoms with Crippen molar-refractivity contribution >= 4 is 15.5 Å². The molecule has 2 heterocycles. The lowest BCUT2D eigenvalue weighted by Gasteiger charge is -2.13.